The standard InChI is InChI=1S/C20H22FN5O2/c1-5-26-17-9-18(22-3)24-10-12(17)7-14(19(26)27)13-8-16(25-20(28)23-4)15(21)6-11(13)2/h6-10H,5H2,1-4H3,(H,22,24)(H2,23,25,28). The summed E-state index contributed by atoms with van der Waals surface area (Å²) in [5.41, 5.74) is 2.15. The maximum absolute atomic E-state index is 14.3. The predicted molar refractivity (Wildman–Crippen MR) is 109 cm³/mol. The van der Waals surface area contributed by atoms with Crippen molar-refractivity contribution in [1.82, 2.24) is 14.9 Å². The van der Waals surface area contributed by atoms with Crippen LogP contribution in [0.3, 0.4) is 0 Å². The molecule has 7 nitrogen and oxygen atoms in total. The van der Waals surface area contributed by atoms with E-state index in [4.69, 9.17) is 0 Å². The number of halogens is 1. The number of carbonyl (C=O) groups is 1. The quantitative estimate of drug-likeness (QED) is 0.645. The number of nitrogens with one attached hydrogen (secondary N) is 3. The summed E-state index contributed by atoms with van der Waals surface area (Å²) in [5, 5.41) is 8.59. The number of aromatic nitrogens is 2. The summed E-state index contributed by atoms with van der Waals surface area (Å²) in [7, 11) is 3.21. The Hall–Kier alpha value is -3.42. The van der Waals surface area contributed by atoms with Crippen molar-refractivity contribution in [2.24, 2.45) is 0 Å². The lowest BCUT2D eigenvalue weighted by Crippen LogP contribution is -2.25. The zero-order chi connectivity index (χ0) is 20.4. The summed E-state index contributed by atoms with van der Waals surface area (Å²) in [5.74, 6) is 0.0960. The van der Waals surface area contributed by atoms with E-state index in [0.717, 1.165) is 10.9 Å². The summed E-state index contributed by atoms with van der Waals surface area (Å²) in [6, 6.07) is 5.82. The third-order valence-corrected chi connectivity index (χ3v) is 4.63. The highest BCUT2D eigenvalue weighted by Gasteiger charge is 2.16. The molecule has 0 unspecified atom stereocenters. The van der Waals surface area contributed by atoms with Crippen molar-refractivity contribution in [3.05, 3.63) is 52.2 Å². The van der Waals surface area contributed by atoms with Crippen LogP contribution in [0, 0.1) is 12.7 Å². The first kappa shape index (κ1) is 19.3. The predicted octanol–water partition coefficient (Wildman–Crippen LogP) is 3.32. The van der Waals surface area contributed by atoms with Crippen molar-refractivity contribution in [2.45, 2.75) is 20.4 Å². The van der Waals surface area contributed by atoms with Gasteiger partial charge in [0.05, 0.1) is 11.2 Å². The van der Waals surface area contributed by atoms with Crippen molar-refractivity contribution in [3.8, 4) is 11.1 Å². The van der Waals surface area contributed by atoms with Crippen LogP contribution in [0.4, 0.5) is 20.7 Å². The first-order valence-corrected chi connectivity index (χ1v) is 8.90. The summed E-state index contributed by atoms with van der Waals surface area (Å²) in [4.78, 5) is 29.1. The Balaban J connectivity index is 2.26. The molecule has 0 aliphatic heterocycles. The molecule has 2 heterocycles. The van der Waals surface area contributed by atoms with Gasteiger partial charge in [-0.15, -0.1) is 0 Å². The second kappa shape index (κ2) is 7.67. The Morgan fingerprint density at radius 3 is 2.57 bits per heavy atom. The minimum absolute atomic E-state index is 0.00570. The number of benzene rings is 1. The van der Waals surface area contributed by atoms with Gasteiger partial charge in [0.15, 0.2) is 0 Å². The topological polar surface area (TPSA) is 88.1 Å². The van der Waals surface area contributed by atoms with E-state index >= 15 is 0 Å². The number of anilines is 2. The van der Waals surface area contributed by atoms with Crippen LogP contribution in [-0.4, -0.2) is 29.7 Å². The Kier molecular flexibility index (Phi) is 5.30. The molecule has 146 valence electrons. The van der Waals surface area contributed by atoms with Gasteiger partial charge in [0, 0.05) is 43.9 Å². The normalized spacial score (nSPS) is 10.8. The van der Waals surface area contributed by atoms with Crippen LogP contribution in [0.5, 0.6) is 0 Å². The number of carbonyl (C=O) groups excluding carboxylic acids is 1. The van der Waals surface area contributed by atoms with Gasteiger partial charge < -0.3 is 20.5 Å². The number of rotatable bonds is 4. The highest BCUT2D eigenvalue weighted by Crippen LogP contribution is 2.29. The molecule has 3 N–H and O–H groups in total. The van der Waals surface area contributed by atoms with Crippen molar-refractivity contribution in [2.75, 3.05) is 24.7 Å². The van der Waals surface area contributed by atoms with E-state index in [9.17, 15) is 14.0 Å². The number of amides is 2. The molecule has 8 heteroatoms. The van der Waals surface area contributed by atoms with Gasteiger partial charge in [-0.3, -0.25) is 4.79 Å². The zero-order valence-electron chi connectivity index (χ0n) is 16.2. The Labute approximate surface area is 161 Å². The van der Waals surface area contributed by atoms with Crippen LogP contribution in [0.15, 0.2) is 35.3 Å². The molecular formula is C20H22FN5O2. The molecule has 28 heavy (non-hydrogen) atoms. The molecule has 0 saturated carbocycles. The smallest absolute Gasteiger partial charge is 0.319 e. The van der Waals surface area contributed by atoms with Gasteiger partial charge in [-0.05, 0) is 43.2 Å². The number of fused-ring (bicyclic) bond motifs is 1. The zero-order valence-corrected chi connectivity index (χ0v) is 16.2. The van der Waals surface area contributed by atoms with Crippen molar-refractivity contribution in [1.29, 1.82) is 0 Å². The fraction of sp³-hybridized carbons (Fsp3) is 0.250. The van der Waals surface area contributed by atoms with E-state index in [0.29, 0.717) is 29.1 Å². The van der Waals surface area contributed by atoms with Crippen molar-refractivity contribution in [3.63, 3.8) is 0 Å². The average molecular weight is 383 g/mol. The van der Waals surface area contributed by atoms with Gasteiger partial charge >= 0.3 is 6.03 Å². The Morgan fingerprint density at radius 1 is 1.18 bits per heavy atom. The van der Waals surface area contributed by atoms with Crippen LogP contribution in [0.1, 0.15) is 12.5 Å². The highest BCUT2D eigenvalue weighted by atomic mass is 19.1. The third-order valence-electron chi connectivity index (χ3n) is 4.63. The minimum Gasteiger partial charge on any atom is -0.373 e. The van der Waals surface area contributed by atoms with Crippen LogP contribution < -0.4 is 21.5 Å². The third kappa shape index (κ3) is 3.40. The molecular weight excluding hydrogens is 361 g/mol. The van der Waals surface area contributed by atoms with Gasteiger partial charge in [0.2, 0.25) is 0 Å². The number of hydrogen-bond donors (Lipinski definition) is 3. The lowest BCUT2D eigenvalue weighted by atomic mass is 9.99. The van der Waals surface area contributed by atoms with Gasteiger partial charge in [-0.25, -0.2) is 14.2 Å². The fourth-order valence-electron chi connectivity index (χ4n) is 3.16. The molecule has 3 rings (SSSR count). The number of urea groups is 1. The molecule has 1 aromatic carbocycles. The molecule has 0 fully saturated rings. The molecule has 0 aliphatic carbocycles. The second-order valence-corrected chi connectivity index (χ2v) is 6.34. The van der Waals surface area contributed by atoms with E-state index in [1.807, 2.05) is 13.0 Å². The average Bonchev–Trinajstić information content (AvgIpc) is 2.69. The summed E-state index contributed by atoms with van der Waals surface area (Å²) in [6.45, 7) is 4.09. The van der Waals surface area contributed by atoms with E-state index < -0.39 is 11.8 Å². The van der Waals surface area contributed by atoms with Crippen molar-refractivity contribution < 1.29 is 9.18 Å². The maximum Gasteiger partial charge on any atom is 0.319 e. The van der Waals surface area contributed by atoms with Crippen LogP contribution in [-0.2, 0) is 6.54 Å². The van der Waals surface area contributed by atoms with Crippen LogP contribution in [0.2, 0.25) is 0 Å². The molecule has 2 amide bonds. The molecule has 0 spiro atoms. The molecule has 0 radical (unpaired) electrons. The lowest BCUT2D eigenvalue weighted by molar-refractivity contribution is 0.254. The van der Waals surface area contributed by atoms with E-state index in [1.165, 1.54) is 19.2 Å². The SMILES string of the molecule is CCn1c(=O)c(-c2cc(NC(=O)NC)c(F)cc2C)cc2cnc(NC)cc21. The minimum atomic E-state index is -0.568. The molecule has 0 aliphatic rings. The monoisotopic (exact) mass is 383 g/mol. The number of nitrogens with zero attached hydrogens (tertiary/aromatic N) is 2. The number of hydrogen-bond acceptors (Lipinski definition) is 4. The molecule has 0 bridgehead atoms. The number of aryl methyl sites for hydroxylation is 2. The fourth-order valence-corrected chi connectivity index (χ4v) is 3.16. The van der Waals surface area contributed by atoms with Crippen LogP contribution >= 0.6 is 0 Å². The van der Waals surface area contributed by atoms with Gasteiger partial charge in [0.25, 0.3) is 5.56 Å². The first-order valence-electron chi connectivity index (χ1n) is 8.90. The Bertz CT molecular complexity index is 1120. The highest BCUT2D eigenvalue weighted by molar-refractivity contribution is 5.91. The molecule has 0 atom stereocenters. The maximum atomic E-state index is 14.3. The summed E-state index contributed by atoms with van der Waals surface area (Å²) in [6.07, 6.45) is 1.69. The molecule has 0 saturated heterocycles. The van der Waals surface area contributed by atoms with Gasteiger partial charge in [-0.1, -0.05) is 0 Å². The van der Waals surface area contributed by atoms with Crippen LogP contribution in [0.25, 0.3) is 22.0 Å². The largest absolute Gasteiger partial charge is 0.373 e. The molecule has 2 aromatic heterocycles. The summed E-state index contributed by atoms with van der Waals surface area (Å²) >= 11 is 0. The molecule has 3 aromatic rings. The number of pyridine rings is 2. The lowest BCUT2D eigenvalue weighted by Gasteiger charge is -2.15. The van der Waals surface area contributed by atoms with Gasteiger partial charge in [0.1, 0.15) is 11.6 Å². The first-order chi connectivity index (χ1) is 13.4. The van der Waals surface area contributed by atoms with E-state index in [-0.39, 0.29) is 11.2 Å². The van der Waals surface area contributed by atoms with E-state index in [1.54, 1.807) is 30.8 Å². The summed E-state index contributed by atoms with van der Waals surface area (Å²) < 4.78 is 15.9. The van der Waals surface area contributed by atoms with E-state index in [2.05, 4.69) is 20.9 Å². The Morgan fingerprint density at radius 2 is 1.93 bits per heavy atom. The van der Waals surface area contributed by atoms with Crippen molar-refractivity contribution >= 4 is 28.4 Å². The second-order valence-electron chi connectivity index (χ2n) is 6.34. The van der Waals surface area contributed by atoms with Gasteiger partial charge in [-0.2, -0.15) is 0 Å².